The third-order valence-corrected chi connectivity index (χ3v) is 3.88. The van der Waals surface area contributed by atoms with Crippen molar-refractivity contribution in [3.05, 3.63) is 47.4 Å². The zero-order chi connectivity index (χ0) is 14.1. The van der Waals surface area contributed by atoms with E-state index < -0.39 is 5.82 Å². The molecule has 3 rings (SSSR count). The van der Waals surface area contributed by atoms with Gasteiger partial charge < -0.3 is 10.4 Å². The first kappa shape index (κ1) is 13.3. The van der Waals surface area contributed by atoms with Gasteiger partial charge in [-0.25, -0.2) is 4.39 Å². The molecular formula is C15H14ClFN2O. The Bertz CT molecular complexity index is 674. The lowest BCUT2D eigenvalue weighted by Crippen LogP contribution is -2.17. The van der Waals surface area contributed by atoms with Crippen LogP contribution in [0.15, 0.2) is 36.5 Å². The molecule has 5 heteroatoms. The van der Waals surface area contributed by atoms with Crippen LogP contribution in [0.25, 0.3) is 10.9 Å². The highest BCUT2D eigenvalue weighted by Gasteiger charge is 2.19. The Hall–Kier alpha value is -1.65. The van der Waals surface area contributed by atoms with Gasteiger partial charge in [0.15, 0.2) is 5.82 Å². The topological polar surface area (TPSA) is 45.1 Å². The van der Waals surface area contributed by atoms with Crippen LogP contribution in [0.1, 0.15) is 6.42 Å². The summed E-state index contributed by atoms with van der Waals surface area (Å²) in [5, 5.41) is 13.3. The van der Waals surface area contributed by atoms with Crippen LogP contribution in [0, 0.1) is 11.7 Å². The first-order valence-electron chi connectivity index (χ1n) is 6.47. The van der Waals surface area contributed by atoms with Crippen LogP contribution >= 0.6 is 11.6 Å². The summed E-state index contributed by atoms with van der Waals surface area (Å²) in [5.41, 5.74) is 0.670. The Kier molecular flexibility index (Phi) is 3.59. The molecule has 2 aromatic rings. The smallest absolute Gasteiger partial charge is 0.172 e. The van der Waals surface area contributed by atoms with Crippen molar-refractivity contribution in [2.75, 3.05) is 11.9 Å². The fraction of sp³-hybridized carbons (Fsp3) is 0.267. The maximum Gasteiger partial charge on any atom is 0.172 e. The van der Waals surface area contributed by atoms with Crippen molar-refractivity contribution in [2.24, 2.45) is 5.92 Å². The summed E-state index contributed by atoms with van der Waals surface area (Å²) < 4.78 is 14.4. The number of aromatic nitrogens is 1. The molecule has 1 heterocycles. The number of benzene rings is 1. The largest absolute Gasteiger partial charge is 0.396 e. The van der Waals surface area contributed by atoms with Crippen molar-refractivity contribution in [3.63, 3.8) is 0 Å². The molecule has 1 aromatic carbocycles. The Morgan fingerprint density at radius 2 is 2.20 bits per heavy atom. The van der Waals surface area contributed by atoms with Crippen LogP contribution in [0.3, 0.4) is 0 Å². The maximum atomic E-state index is 14.4. The van der Waals surface area contributed by atoms with E-state index in [1.807, 2.05) is 12.2 Å². The Balaban J connectivity index is 1.90. The van der Waals surface area contributed by atoms with Gasteiger partial charge in [-0.2, -0.15) is 0 Å². The minimum absolute atomic E-state index is 0.0262. The van der Waals surface area contributed by atoms with Crippen molar-refractivity contribution >= 4 is 28.2 Å². The average molecular weight is 293 g/mol. The van der Waals surface area contributed by atoms with Crippen molar-refractivity contribution in [1.82, 2.24) is 4.98 Å². The molecule has 1 aliphatic carbocycles. The lowest BCUT2D eigenvalue weighted by Gasteiger charge is -2.15. The van der Waals surface area contributed by atoms with Gasteiger partial charge in [-0.3, -0.25) is 4.98 Å². The molecular weight excluding hydrogens is 279 g/mol. The van der Waals surface area contributed by atoms with Crippen molar-refractivity contribution in [2.45, 2.75) is 12.5 Å². The zero-order valence-corrected chi connectivity index (χ0v) is 11.4. The van der Waals surface area contributed by atoms with Crippen molar-refractivity contribution in [3.8, 4) is 0 Å². The third kappa shape index (κ3) is 2.37. The summed E-state index contributed by atoms with van der Waals surface area (Å²) in [7, 11) is 0. The van der Waals surface area contributed by atoms with Gasteiger partial charge >= 0.3 is 0 Å². The number of pyridine rings is 1. The van der Waals surface area contributed by atoms with Gasteiger partial charge in [0.25, 0.3) is 0 Å². The van der Waals surface area contributed by atoms with Gasteiger partial charge in [0.1, 0.15) is 5.52 Å². The molecule has 20 heavy (non-hydrogen) atoms. The fourth-order valence-corrected chi connectivity index (χ4v) is 2.69. The molecule has 104 valence electrons. The van der Waals surface area contributed by atoms with E-state index in [-0.39, 0.29) is 24.1 Å². The van der Waals surface area contributed by atoms with Crippen molar-refractivity contribution < 1.29 is 9.50 Å². The van der Waals surface area contributed by atoms with E-state index in [1.54, 1.807) is 18.2 Å². The molecule has 1 aromatic heterocycles. The molecule has 0 radical (unpaired) electrons. The molecule has 2 atom stereocenters. The number of rotatable bonds is 3. The molecule has 1 aliphatic rings. The molecule has 0 unspecified atom stereocenters. The lowest BCUT2D eigenvalue weighted by molar-refractivity contribution is 0.250. The highest BCUT2D eigenvalue weighted by Crippen LogP contribution is 2.29. The third-order valence-electron chi connectivity index (χ3n) is 3.55. The molecule has 2 N–H and O–H groups in total. The zero-order valence-electron chi connectivity index (χ0n) is 10.7. The predicted octanol–water partition coefficient (Wildman–Crippen LogP) is 3.38. The number of halogens is 2. The summed E-state index contributed by atoms with van der Waals surface area (Å²) in [5.74, 6) is -0.255. The lowest BCUT2D eigenvalue weighted by atomic mass is 10.1. The Morgan fingerprint density at radius 1 is 1.35 bits per heavy atom. The monoisotopic (exact) mass is 292 g/mol. The number of nitrogens with one attached hydrogen (secondary N) is 1. The van der Waals surface area contributed by atoms with Crippen LogP contribution in [0.2, 0.25) is 5.02 Å². The molecule has 0 bridgehead atoms. The van der Waals surface area contributed by atoms with Gasteiger partial charge in [-0.1, -0.05) is 23.8 Å². The number of hydrogen-bond donors (Lipinski definition) is 2. The molecule has 0 spiro atoms. The van der Waals surface area contributed by atoms with E-state index in [1.165, 1.54) is 6.20 Å². The molecule has 0 fully saturated rings. The van der Waals surface area contributed by atoms with Crippen LogP contribution < -0.4 is 5.32 Å². The summed E-state index contributed by atoms with van der Waals surface area (Å²) in [4.78, 5) is 4.05. The molecule has 0 aliphatic heterocycles. The van der Waals surface area contributed by atoms with Crippen LogP contribution in [-0.4, -0.2) is 22.7 Å². The van der Waals surface area contributed by atoms with E-state index in [9.17, 15) is 4.39 Å². The quantitative estimate of drug-likeness (QED) is 0.853. The van der Waals surface area contributed by atoms with Gasteiger partial charge in [0.05, 0.1) is 10.7 Å². The van der Waals surface area contributed by atoms with Gasteiger partial charge in [0.2, 0.25) is 0 Å². The van der Waals surface area contributed by atoms with E-state index >= 15 is 0 Å². The molecule has 0 saturated carbocycles. The average Bonchev–Trinajstić information content (AvgIpc) is 2.90. The maximum absolute atomic E-state index is 14.4. The normalized spacial score (nSPS) is 21.6. The van der Waals surface area contributed by atoms with Gasteiger partial charge in [0, 0.05) is 30.1 Å². The van der Waals surface area contributed by atoms with E-state index in [2.05, 4.69) is 10.3 Å². The minimum atomic E-state index is -0.397. The standard InChI is InChI=1S/C15H14ClFN2O/c16-12-5-6-18-15-11(12)3-4-13(14(15)17)19-10-2-1-9(7-10)8-20/h1-6,9-10,19-20H,7-8H2/t9-,10+/m0/s1. The summed E-state index contributed by atoms with van der Waals surface area (Å²) in [6.45, 7) is 0.117. The molecule has 0 saturated heterocycles. The van der Waals surface area contributed by atoms with Crippen LogP contribution in [0.5, 0.6) is 0 Å². The number of aliphatic hydroxyl groups excluding tert-OH is 1. The van der Waals surface area contributed by atoms with Crippen molar-refractivity contribution in [1.29, 1.82) is 0 Å². The van der Waals surface area contributed by atoms with Gasteiger partial charge in [-0.15, -0.1) is 0 Å². The number of fused-ring (bicyclic) bond motifs is 1. The second-order valence-corrected chi connectivity index (χ2v) is 5.34. The second-order valence-electron chi connectivity index (χ2n) is 4.93. The first-order valence-corrected chi connectivity index (χ1v) is 6.85. The van der Waals surface area contributed by atoms with Crippen LogP contribution in [0.4, 0.5) is 10.1 Å². The Morgan fingerprint density at radius 3 is 2.95 bits per heavy atom. The number of anilines is 1. The number of nitrogens with zero attached hydrogens (tertiary/aromatic N) is 1. The number of aliphatic hydroxyl groups is 1. The predicted molar refractivity (Wildman–Crippen MR) is 78.5 cm³/mol. The number of hydrogen-bond acceptors (Lipinski definition) is 3. The second kappa shape index (κ2) is 5.38. The SMILES string of the molecule is OC[C@H]1C=C[C@@H](Nc2ccc3c(Cl)ccnc3c2F)C1. The molecule has 0 amide bonds. The fourth-order valence-electron chi connectivity index (χ4n) is 2.48. The first-order chi connectivity index (χ1) is 9.69. The van der Waals surface area contributed by atoms with E-state index in [0.29, 0.717) is 16.1 Å². The summed E-state index contributed by atoms with van der Waals surface area (Å²) in [6.07, 6.45) is 6.16. The minimum Gasteiger partial charge on any atom is -0.396 e. The van der Waals surface area contributed by atoms with Crippen LogP contribution in [-0.2, 0) is 0 Å². The highest BCUT2D eigenvalue weighted by molar-refractivity contribution is 6.35. The van der Waals surface area contributed by atoms with E-state index in [4.69, 9.17) is 16.7 Å². The highest BCUT2D eigenvalue weighted by atomic mass is 35.5. The Labute approximate surface area is 121 Å². The summed E-state index contributed by atoms with van der Waals surface area (Å²) >= 11 is 6.02. The molecule has 3 nitrogen and oxygen atoms in total. The van der Waals surface area contributed by atoms with E-state index in [0.717, 1.165) is 6.42 Å². The van der Waals surface area contributed by atoms with Gasteiger partial charge in [-0.05, 0) is 24.6 Å². The summed E-state index contributed by atoms with van der Waals surface area (Å²) in [6, 6.07) is 5.10.